The first-order valence-corrected chi connectivity index (χ1v) is 11.7. The number of carbonyl (C=O) groups excluding carboxylic acids is 2. The van der Waals surface area contributed by atoms with Gasteiger partial charge in [-0.2, -0.15) is 0 Å². The van der Waals surface area contributed by atoms with Gasteiger partial charge < -0.3 is 10.3 Å². The number of fused-ring (bicyclic) bond motifs is 1. The molecule has 1 aromatic carbocycles. The highest BCUT2D eigenvalue weighted by atomic mass is 32.2. The molecule has 0 saturated heterocycles. The van der Waals surface area contributed by atoms with Crippen LogP contribution < -0.4 is 10.0 Å². The van der Waals surface area contributed by atoms with Crippen molar-refractivity contribution in [3.8, 4) is 0 Å². The highest BCUT2D eigenvalue weighted by Crippen LogP contribution is 2.35. The lowest BCUT2D eigenvalue weighted by Gasteiger charge is -2.12. The van der Waals surface area contributed by atoms with E-state index in [0.717, 1.165) is 25.0 Å². The van der Waals surface area contributed by atoms with E-state index in [1.807, 2.05) is 4.72 Å². The molecule has 0 bridgehead atoms. The van der Waals surface area contributed by atoms with Crippen LogP contribution in [0.5, 0.6) is 0 Å². The third-order valence-electron chi connectivity index (χ3n) is 5.06. The molecule has 0 unspecified atom stereocenters. The lowest BCUT2D eigenvalue weighted by molar-refractivity contribution is 0.0968. The minimum absolute atomic E-state index is 0.0188. The highest BCUT2D eigenvalue weighted by molar-refractivity contribution is 7.92. The van der Waals surface area contributed by atoms with Gasteiger partial charge in [-0.1, -0.05) is 6.92 Å². The van der Waals surface area contributed by atoms with Gasteiger partial charge >= 0.3 is 0 Å². The maximum atomic E-state index is 14.8. The van der Waals surface area contributed by atoms with Crippen LogP contribution in [0.25, 0.3) is 11.0 Å². The predicted octanol–water partition coefficient (Wildman–Crippen LogP) is 3.84. The molecular weight excluding hydrogens is 442 g/mol. The zero-order valence-electron chi connectivity index (χ0n) is 17.0. The molecule has 11 heteroatoms. The van der Waals surface area contributed by atoms with Crippen LogP contribution in [0.2, 0.25) is 0 Å². The first-order chi connectivity index (χ1) is 15.2. The molecule has 0 atom stereocenters. The van der Waals surface area contributed by atoms with Gasteiger partial charge in [-0.3, -0.25) is 14.3 Å². The molecule has 1 aliphatic carbocycles. The molecule has 2 heterocycles. The number of Topliss-reactive ketones (excluding diaryl/α,β-unsaturated/α-hetero) is 1. The predicted molar refractivity (Wildman–Crippen MR) is 115 cm³/mol. The van der Waals surface area contributed by atoms with Crippen LogP contribution in [0.15, 0.2) is 30.6 Å². The Labute approximate surface area is 182 Å². The van der Waals surface area contributed by atoms with Gasteiger partial charge in [0.25, 0.3) is 5.91 Å². The number of carbonyl (C=O) groups is 2. The molecule has 4 rings (SSSR count). The van der Waals surface area contributed by atoms with E-state index in [9.17, 15) is 26.8 Å². The van der Waals surface area contributed by atoms with Crippen LogP contribution in [0.4, 0.5) is 20.2 Å². The number of nitrogens with zero attached hydrogens (tertiary/aromatic N) is 1. The number of rotatable bonds is 8. The molecule has 3 aromatic rings. The van der Waals surface area contributed by atoms with Gasteiger partial charge in [-0.25, -0.2) is 22.2 Å². The zero-order valence-corrected chi connectivity index (χ0v) is 17.9. The summed E-state index contributed by atoms with van der Waals surface area (Å²) in [6, 6.07) is 3.22. The van der Waals surface area contributed by atoms with Crippen molar-refractivity contribution in [3.05, 3.63) is 53.4 Å². The van der Waals surface area contributed by atoms with Crippen molar-refractivity contribution in [3.63, 3.8) is 0 Å². The first-order valence-electron chi connectivity index (χ1n) is 10.0. The summed E-state index contributed by atoms with van der Waals surface area (Å²) in [6.45, 7) is 1.64. The summed E-state index contributed by atoms with van der Waals surface area (Å²) >= 11 is 0. The fraction of sp³-hybridized carbons (Fsp3) is 0.286. The highest BCUT2D eigenvalue weighted by Gasteiger charge is 2.32. The number of pyridine rings is 1. The second-order valence-electron chi connectivity index (χ2n) is 7.62. The van der Waals surface area contributed by atoms with Crippen molar-refractivity contribution in [1.29, 1.82) is 0 Å². The number of aromatic nitrogens is 2. The van der Waals surface area contributed by atoms with E-state index in [0.29, 0.717) is 23.0 Å². The molecule has 2 aromatic heterocycles. The van der Waals surface area contributed by atoms with Gasteiger partial charge in [0.15, 0.2) is 11.6 Å². The zero-order chi connectivity index (χ0) is 23.0. The van der Waals surface area contributed by atoms with Crippen molar-refractivity contribution in [2.75, 3.05) is 15.8 Å². The van der Waals surface area contributed by atoms with Crippen LogP contribution >= 0.6 is 0 Å². The number of sulfonamides is 1. The van der Waals surface area contributed by atoms with E-state index >= 15 is 0 Å². The van der Waals surface area contributed by atoms with Gasteiger partial charge in [0.1, 0.15) is 17.0 Å². The Hall–Kier alpha value is -3.34. The summed E-state index contributed by atoms with van der Waals surface area (Å²) in [5.41, 5.74) is -0.457. The second kappa shape index (κ2) is 8.30. The Morgan fingerprint density at radius 2 is 2.00 bits per heavy atom. The summed E-state index contributed by atoms with van der Waals surface area (Å²) in [6.07, 6.45) is 4.78. The quantitative estimate of drug-likeness (QED) is 0.439. The number of hydrogen-bond donors (Lipinski definition) is 3. The average Bonchev–Trinajstić information content (AvgIpc) is 3.49. The molecule has 8 nitrogen and oxygen atoms in total. The number of aromatic amines is 1. The number of amides is 1. The molecule has 1 aliphatic rings. The van der Waals surface area contributed by atoms with Crippen molar-refractivity contribution in [2.24, 2.45) is 5.92 Å². The molecule has 1 fully saturated rings. The standard InChI is InChI=1S/C21H20F2N4O4S/c1-2-7-32(30,31)27-16-6-5-15(22)17(18(16)23)21(29)26-12-8-13-14(19(28)11-3-4-11)10-25-20(13)24-9-12/h5-6,8-11,27H,2-4,7H2,1H3,(H,24,25)(H,26,29). The molecule has 0 aliphatic heterocycles. The van der Waals surface area contributed by atoms with Crippen LogP contribution in [-0.4, -0.2) is 35.8 Å². The molecule has 32 heavy (non-hydrogen) atoms. The average molecular weight is 462 g/mol. The van der Waals surface area contributed by atoms with Crippen LogP contribution in [0, 0.1) is 17.6 Å². The third kappa shape index (κ3) is 4.33. The van der Waals surface area contributed by atoms with Crippen molar-refractivity contribution < 1.29 is 26.8 Å². The number of hydrogen-bond acceptors (Lipinski definition) is 5. The summed E-state index contributed by atoms with van der Waals surface area (Å²) in [4.78, 5) is 32.1. The van der Waals surface area contributed by atoms with Crippen LogP contribution in [0.3, 0.4) is 0 Å². The van der Waals surface area contributed by atoms with E-state index < -0.39 is 38.8 Å². The SMILES string of the molecule is CCCS(=O)(=O)Nc1ccc(F)c(C(=O)Nc2cnc3[nH]cc(C(=O)C4CC4)c3c2)c1F. The minimum Gasteiger partial charge on any atom is -0.345 e. The van der Waals surface area contributed by atoms with Crippen LogP contribution in [0.1, 0.15) is 46.9 Å². The summed E-state index contributed by atoms with van der Waals surface area (Å²) in [7, 11) is -3.84. The Morgan fingerprint density at radius 3 is 2.69 bits per heavy atom. The summed E-state index contributed by atoms with van der Waals surface area (Å²) < 4.78 is 55.0. The Balaban J connectivity index is 1.62. The number of benzene rings is 1. The molecular formula is C21H20F2N4O4S. The smallest absolute Gasteiger partial charge is 0.261 e. The number of ketones is 1. The normalized spacial score (nSPS) is 13.8. The topological polar surface area (TPSA) is 121 Å². The van der Waals surface area contributed by atoms with Gasteiger partial charge in [0.05, 0.1) is 23.3 Å². The Kier molecular flexibility index (Phi) is 5.68. The lowest BCUT2D eigenvalue weighted by atomic mass is 10.1. The van der Waals surface area contributed by atoms with Crippen molar-refractivity contribution in [1.82, 2.24) is 9.97 Å². The fourth-order valence-electron chi connectivity index (χ4n) is 3.36. The summed E-state index contributed by atoms with van der Waals surface area (Å²) in [5, 5.41) is 2.85. The van der Waals surface area contributed by atoms with Gasteiger partial charge in [-0.15, -0.1) is 0 Å². The van der Waals surface area contributed by atoms with Gasteiger partial charge in [0, 0.05) is 23.1 Å². The Bertz CT molecular complexity index is 1330. The number of halogens is 2. The number of nitrogens with one attached hydrogen (secondary N) is 3. The molecule has 0 spiro atoms. The lowest BCUT2D eigenvalue weighted by Crippen LogP contribution is -2.20. The van der Waals surface area contributed by atoms with E-state index in [4.69, 9.17) is 0 Å². The molecule has 1 saturated carbocycles. The second-order valence-corrected chi connectivity index (χ2v) is 9.46. The van der Waals surface area contributed by atoms with Gasteiger partial charge in [-0.05, 0) is 37.5 Å². The molecule has 3 N–H and O–H groups in total. The van der Waals surface area contributed by atoms with E-state index in [2.05, 4.69) is 15.3 Å². The fourth-order valence-corrected chi connectivity index (χ4v) is 4.49. The Morgan fingerprint density at radius 1 is 1.25 bits per heavy atom. The van der Waals surface area contributed by atoms with E-state index in [-0.39, 0.29) is 23.1 Å². The molecule has 168 valence electrons. The van der Waals surface area contributed by atoms with Crippen LogP contribution in [-0.2, 0) is 10.0 Å². The van der Waals surface area contributed by atoms with Crippen molar-refractivity contribution >= 4 is 44.1 Å². The third-order valence-corrected chi connectivity index (χ3v) is 6.54. The maximum Gasteiger partial charge on any atom is 0.261 e. The monoisotopic (exact) mass is 462 g/mol. The number of H-pyrrole nitrogens is 1. The van der Waals surface area contributed by atoms with E-state index in [1.54, 1.807) is 13.1 Å². The molecule has 0 radical (unpaired) electrons. The summed E-state index contributed by atoms with van der Waals surface area (Å²) in [5.74, 6) is -3.90. The molecule has 1 amide bonds. The van der Waals surface area contributed by atoms with Crippen molar-refractivity contribution in [2.45, 2.75) is 26.2 Å². The maximum absolute atomic E-state index is 14.8. The first kappa shape index (κ1) is 21.9. The number of anilines is 2. The van der Waals surface area contributed by atoms with E-state index in [1.165, 1.54) is 12.3 Å². The minimum atomic E-state index is -3.84. The van der Waals surface area contributed by atoms with Gasteiger partial charge in [0.2, 0.25) is 10.0 Å². The largest absolute Gasteiger partial charge is 0.345 e.